The third-order valence-electron chi connectivity index (χ3n) is 7.20. The Morgan fingerprint density at radius 3 is 2.81 bits per heavy atom. The van der Waals surface area contributed by atoms with Crippen LogP contribution in [0.4, 0.5) is 10.3 Å². The highest BCUT2D eigenvalue weighted by Crippen LogP contribution is 2.31. The van der Waals surface area contributed by atoms with Crippen molar-refractivity contribution in [2.75, 3.05) is 11.9 Å². The summed E-state index contributed by atoms with van der Waals surface area (Å²) in [5.74, 6) is 0.708. The van der Waals surface area contributed by atoms with E-state index in [2.05, 4.69) is 54.9 Å². The van der Waals surface area contributed by atoms with E-state index in [4.69, 9.17) is 4.98 Å². The van der Waals surface area contributed by atoms with Crippen LogP contribution in [0.1, 0.15) is 42.3 Å². The first-order chi connectivity index (χ1) is 17.2. The van der Waals surface area contributed by atoms with Crippen LogP contribution >= 0.6 is 27.0 Å². The van der Waals surface area contributed by atoms with Gasteiger partial charge in [0, 0.05) is 40.5 Å². The number of fused-ring (bicyclic) bond motifs is 4. The van der Waals surface area contributed by atoms with Gasteiger partial charge in [-0.3, -0.25) is 4.98 Å². The summed E-state index contributed by atoms with van der Waals surface area (Å²) in [4.78, 5) is 17.4. The number of benzene rings is 1. The zero-order valence-electron chi connectivity index (χ0n) is 20.1. The largest absolute Gasteiger partial charge is 0.358 e. The number of hydrogen-bond acceptors (Lipinski definition) is 6. The molecule has 1 saturated heterocycles. The van der Waals surface area contributed by atoms with Crippen LogP contribution in [0.25, 0.3) is 27.9 Å². The molecule has 0 radical (unpaired) electrons. The topological polar surface area (TPSA) is 95.8 Å². The van der Waals surface area contributed by atoms with Crippen molar-refractivity contribution >= 4 is 49.5 Å². The summed E-state index contributed by atoms with van der Waals surface area (Å²) >= 11 is 0. The number of anilines is 1. The Morgan fingerprint density at radius 2 is 1.97 bits per heavy atom. The monoisotopic (exact) mass is 536 g/mol. The highest BCUT2D eigenvalue weighted by atomic mass is 32.1. The van der Waals surface area contributed by atoms with Gasteiger partial charge < -0.3 is 15.6 Å². The van der Waals surface area contributed by atoms with Gasteiger partial charge in [0.2, 0.25) is 5.95 Å². The van der Waals surface area contributed by atoms with E-state index in [0.29, 0.717) is 28.7 Å². The summed E-state index contributed by atoms with van der Waals surface area (Å²) in [6.07, 6.45) is 8.13. The fraction of sp³-hybridized carbons (Fsp3) is 0.308. The van der Waals surface area contributed by atoms with Gasteiger partial charge in [-0.15, -0.1) is 0 Å². The Balaban J connectivity index is 0.00000140. The van der Waals surface area contributed by atoms with E-state index in [1.165, 1.54) is 28.2 Å². The lowest BCUT2D eigenvalue weighted by Gasteiger charge is -2.24. The number of aromatic nitrogens is 6. The molecule has 4 aromatic heterocycles. The maximum Gasteiger partial charge on any atom is 0.228 e. The first-order valence-electron chi connectivity index (χ1n) is 12.2. The molecule has 1 aromatic carbocycles. The second-order valence-corrected chi connectivity index (χ2v) is 9.42. The Labute approximate surface area is 227 Å². The molecule has 0 amide bonds. The summed E-state index contributed by atoms with van der Waals surface area (Å²) in [6.45, 7) is 0.894. The van der Waals surface area contributed by atoms with Crippen molar-refractivity contribution in [1.82, 2.24) is 34.9 Å². The zero-order valence-corrected chi connectivity index (χ0v) is 22.1. The summed E-state index contributed by atoms with van der Waals surface area (Å²) < 4.78 is 16.7. The lowest BCUT2D eigenvalue weighted by molar-refractivity contribution is 0.541. The van der Waals surface area contributed by atoms with Gasteiger partial charge in [-0.05, 0) is 56.3 Å². The molecule has 1 aliphatic carbocycles. The number of aromatic amines is 1. The molecule has 1 fully saturated rings. The van der Waals surface area contributed by atoms with Crippen LogP contribution in [-0.2, 0) is 12.8 Å². The van der Waals surface area contributed by atoms with Gasteiger partial charge in [0.15, 0.2) is 11.5 Å². The molecule has 37 heavy (non-hydrogen) atoms. The molecule has 5 heterocycles. The number of halogens is 1. The van der Waals surface area contributed by atoms with Gasteiger partial charge in [0.1, 0.15) is 5.82 Å². The minimum absolute atomic E-state index is 0. The third-order valence-corrected chi connectivity index (χ3v) is 7.20. The van der Waals surface area contributed by atoms with Crippen molar-refractivity contribution in [3.05, 3.63) is 71.6 Å². The third kappa shape index (κ3) is 4.55. The quantitative estimate of drug-likeness (QED) is 0.315. The molecule has 0 spiro atoms. The summed E-state index contributed by atoms with van der Waals surface area (Å²) in [7, 11) is 0. The summed E-state index contributed by atoms with van der Waals surface area (Å²) in [5.41, 5.74) is 5.53. The molecular weight excluding hydrogens is 507 g/mol. The van der Waals surface area contributed by atoms with Crippen molar-refractivity contribution in [3.63, 3.8) is 0 Å². The van der Waals surface area contributed by atoms with Crippen LogP contribution in [0, 0.1) is 5.82 Å². The Morgan fingerprint density at radius 1 is 1.08 bits per heavy atom. The normalized spacial score (nSPS) is 18.8. The highest BCUT2D eigenvalue weighted by molar-refractivity contribution is 7.59. The Kier molecular flexibility index (Phi) is 7.11. The van der Waals surface area contributed by atoms with Crippen LogP contribution < -0.4 is 10.6 Å². The van der Waals surface area contributed by atoms with Crippen molar-refractivity contribution in [2.45, 2.75) is 44.2 Å². The van der Waals surface area contributed by atoms with Crippen molar-refractivity contribution in [1.29, 1.82) is 0 Å². The molecule has 1 aliphatic heterocycles. The van der Waals surface area contributed by atoms with Crippen LogP contribution in [0.5, 0.6) is 0 Å². The minimum atomic E-state index is -0.326. The van der Waals surface area contributed by atoms with E-state index >= 15 is 0 Å². The molecule has 0 saturated carbocycles. The summed E-state index contributed by atoms with van der Waals surface area (Å²) in [6, 6.07) is 11.9. The Bertz CT molecular complexity index is 1560. The van der Waals surface area contributed by atoms with E-state index in [0.717, 1.165) is 38.6 Å². The smallest absolute Gasteiger partial charge is 0.228 e. The number of rotatable bonds is 4. The van der Waals surface area contributed by atoms with Gasteiger partial charge in [-0.1, -0.05) is 18.2 Å². The Hall–Kier alpha value is -3.15. The standard InChI is InChI=1S/C26H25FN8.2H2S/c27-19-12-15(14-29-24(19)22-6-3-10-28-22)25-33-23-9-11-30-35(23)26(34-25)31-16-7-8-21-18(13-16)17-4-1-2-5-20(17)32-21;;/h1-2,4-5,9,11-12,14,16,22,28,32H,3,6-8,10,13H2,(H,31,33,34);2*1H2. The molecule has 192 valence electrons. The molecule has 0 bridgehead atoms. The number of para-hydroxylation sites is 1. The second-order valence-electron chi connectivity index (χ2n) is 9.42. The predicted octanol–water partition coefficient (Wildman–Crippen LogP) is 4.43. The average Bonchev–Trinajstić information content (AvgIpc) is 3.63. The zero-order chi connectivity index (χ0) is 23.4. The molecule has 3 N–H and O–H groups in total. The van der Waals surface area contributed by atoms with Crippen LogP contribution in [0.2, 0.25) is 0 Å². The average molecular weight is 537 g/mol. The number of pyridine rings is 1. The fourth-order valence-corrected chi connectivity index (χ4v) is 5.47. The van der Waals surface area contributed by atoms with Crippen molar-refractivity contribution < 1.29 is 4.39 Å². The van der Waals surface area contributed by atoms with Crippen molar-refractivity contribution in [2.24, 2.45) is 0 Å². The lowest BCUT2D eigenvalue weighted by Crippen LogP contribution is -2.29. The number of aryl methyl sites for hydroxylation is 1. The first kappa shape index (κ1) is 25.5. The maximum absolute atomic E-state index is 15.0. The summed E-state index contributed by atoms with van der Waals surface area (Å²) in [5, 5.41) is 12.6. The molecule has 11 heteroatoms. The molecule has 5 aromatic rings. The van der Waals surface area contributed by atoms with Gasteiger partial charge in [-0.25, -0.2) is 9.37 Å². The van der Waals surface area contributed by atoms with Crippen LogP contribution in [0.3, 0.4) is 0 Å². The predicted molar refractivity (Wildman–Crippen MR) is 152 cm³/mol. The second kappa shape index (κ2) is 10.3. The van der Waals surface area contributed by atoms with E-state index in [1.54, 1.807) is 16.9 Å². The van der Waals surface area contributed by atoms with E-state index in [1.807, 2.05) is 6.07 Å². The van der Waals surface area contributed by atoms with Crippen LogP contribution in [0.15, 0.2) is 48.8 Å². The lowest BCUT2D eigenvalue weighted by atomic mass is 9.91. The first-order valence-corrected chi connectivity index (χ1v) is 12.2. The van der Waals surface area contributed by atoms with Gasteiger partial charge in [0.25, 0.3) is 0 Å². The minimum Gasteiger partial charge on any atom is -0.358 e. The molecule has 8 nitrogen and oxygen atoms in total. The molecule has 2 unspecified atom stereocenters. The highest BCUT2D eigenvalue weighted by Gasteiger charge is 2.25. The number of nitrogens with one attached hydrogen (secondary N) is 3. The van der Waals surface area contributed by atoms with E-state index < -0.39 is 0 Å². The molecular formula is C26H29FN8S2. The van der Waals surface area contributed by atoms with Crippen LogP contribution in [-0.4, -0.2) is 42.1 Å². The molecule has 7 rings (SSSR count). The van der Waals surface area contributed by atoms with Gasteiger partial charge in [0.05, 0.1) is 17.9 Å². The molecule has 2 atom stereocenters. The van der Waals surface area contributed by atoms with Gasteiger partial charge >= 0.3 is 0 Å². The molecule has 2 aliphatic rings. The SMILES string of the molecule is Fc1cc(-c2nc(NC3CCc4[nH]c5ccccc5c4C3)n3nccc3n2)cnc1C1CCCN1.S.S. The van der Waals surface area contributed by atoms with E-state index in [9.17, 15) is 4.39 Å². The van der Waals surface area contributed by atoms with Gasteiger partial charge in [-0.2, -0.15) is 41.6 Å². The fourth-order valence-electron chi connectivity index (χ4n) is 5.47. The van der Waals surface area contributed by atoms with Crippen molar-refractivity contribution in [3.8, 4) is 11.4 Å². The van der Waals surface area contributed by atoms with E-state index in [-0.39, 0.29) is 44.9 Å². The maximum atomic E-state index is 15.0. The number of H-pyrrole nitrogens is 1. The number of nitrogens with zero attached hydrogens (tertiary/aromatic N) is 5. The number of hydrogen-bond donors (Lipinski definition) is 3.